The number of hydrogen-bond donors (Lipinski definition) is 1. The fraction of sp³-hybridized carbons (Fsp3) is 0.455. The molecule has 2 rings (SSSR count). The molecular weight excluding hydrogens is 200 g/mol. The van der Waals surface area contributed by atoms with E-state index in [0.717, 1.165) is 0 Å². The number of nitrogens with one attached hydrogen (secondary N) is 1. The van der Waals surface area contributed by atoms with Crippen molar-refractivity contribution in [2.45, 2.75) is 19.0 Å². The van der Waals surface area contributed by atoms with E-state index in [1.807, 2.05) is 0 Å². The lowest BCUT2D eigenvalue weighted by molar-refractivity contribution is -0.00956. The molecule has 1 atom stereocenters. The van der Waals surface area contributed by atoms with Crippen molar-refractivity contribution < 1.29 is 13.5 Å². The molecular formula is C11H13F2NO. The molecule has 0 saturated carbocycles. The highest BCUT2D eigenvalue weighted by Crippen LogP contribution is 2.21. The molecule has 82 valence electrons. The Labute approximate surface area is 87.2 Å². The van der Waals surface area contributed by atoms with Crippen molar-refractivity contribution in [3.63, 3.8) is 0 Å². The van der Waals surface area contributed by atoms with Gasteiger partial charge in [0.1, 0.15) is 11.6 Å². The second-order valence-corrected chi connectivity index (χ2v) is 3.76. The van der Waals surface area contributed by atoms with Gasteiger partial charge in [-0.1, -0.05) is 6.07 Å². The van der Waals surface area contributed by atoms with E-state index in [1.54, 1.807) is 6.92 Å². The van der Waals surface area contributed by atoms with Crippen LogP contribution in [0.5, 0.6) is 0 Å². The largest absolute Gasteiger partial charge is 0.378 e. The van der Waals surface area contributed by atoms with E-state index in [9.17, 15) is 8.78 Å². The van der Waals surface area contributed by atoms with Crippen molar-refractivity contribution >= 4 is 0 Å². The SMILES string of the molecule is CC(NC1COC1)c1c(F)cccc1F. The van der Waals surface area contributed by atoms with Gasteiger partial charge in [-0.05, 0) is 19.1 Å². The fourth-order valence-corrected chi connectivity index (χ4v) is 1.69. The highest BCUT2D eigenvalue weighted by molar-refractivity contribution is 5.23. The van der Waals surface area contributed by atoms with Crippen LogP contribution in [0.15, 0.2) is 18.2 Å². The van der Waals surface area contributed by atoms with Gasteiger partial charge in [-0.2, -0.15) is 0 Å². The molecule has 1 aliphatic heterocycles. The van der Waals surface area contributed by atoms with Gasteiger partial charge < -0.3 is 10.1 Å². The lowest BCUT2D eigenvalue weighted by atomic mass is 10.1. The number of hydrogen-bond acceptors (Lipinski definition) is 2. The normalized spacial score (nSPS) is 18.6. The third kappa shape index (κ3) is 2.16. The van der Waals surface area contributed by atoms with E-state index in [0.29, 0.717) is 13.2 Å². The maximum absolute atomic E-state index is 13.4. The minimum absolute atomic E-state index is 0.101. The molecule has 1 fully saturated rings. The Kier molecular flexibility index (Phi) is 2.98. The number of benzene rings is 1. The summed E-state index contributed by atoms with van der Waals surface area (Å²) in [5.41, 5.74) is 0.101. The monoisotopic (exact) mass is 213 g/mol. The van der Waals surface area contributed by atoms with E-state index >= 15 is 0 Å². The summed E-state index contributed by atoms with van der Waals surface area (Å²) in [6, 6.07) is 3.79. The molecule has 0 radical (unpaired) electrons. The van der Waals surface area contributed by atoms with Crippen molar-refractivity contribution in [1.29, 1.82) is 0 Å². The van der Waals surface area contributed by atoms with Crippen LogP contribution in [0.2, 0.25) is 0 Å². The summed E-state index contributed by atoms with van der Waals surface area (Å²) in [7, 11) is 0. The highest BCUT2D eigenvalue weighted by atomic mass is 19.1. The number of halogens is 2. The Morgan fingerprint density at radius 3 is 2.40 bits per heavy atom. The van der Waals surface area contributed by atoms with Crippen LogP contribution in [0.3, 0.4) is 0 Å². The van der Waals surface area contributed by atoms with Crippen LogP contribution in [0, 0.1) is 11.6 Å². The van der Waals surface area contributed by atoms with Gasteiger partial charge in [0.05, 0.1) is 19.3 Å². The third-order valence-corrected chi connectivity index (χ3v) is 2.56. The van der Waals surface area contributed by atoms with Gasteiger partial charge in [-0.3, -0.25) is 0 Å². The van der Waals surface area contributed by atoms with Crippen LogP contribution in [-0.2, 0) is 4.74 Å². The zero-order chi connectivity index (χ0) is 10.8. The summed E-state index contributed by atoms with van der Waals surface area (Å²) in [6.45, 7) is 2.97. The molecule has 15 heavy (non-hydrogen) atoms. The van der Waals surface area contributed by atoms with E-state index in [1.165, 1.54) is 18.2 Å². The van der Waals surface area contributed by atoms with Gasteiger partial charge >= 0.3 is 0 Å². The zero-order valence-electron chi connectivity index (χ0n) is 8.47. The molecule has 1 heterocycles. The Hall–Kier alpha value is -1.00. The summed E-state index contributed by atoms with van der Waals surface area (Å²) in [5.74, 6) is -1.01. The van der Waals surface area contributed by atoms with Crippen molar-refractivity contribution in [2.24, 2.45) is 0 Å². The van der Waals surface area contributed by atoms with Gasteiger partial charge in [-0.15, -0.1) is 0 Å². The standard InChI is InChI=1S/C11H13F2NO/c1-7(14-8-5-15-6-8)11-9(12)3-2-4-10(11)13/h2-4,7-8,14H,5-6H2,1H3. The molecule has 0 spiro atoms. The Balaban J connectivity index is 2.12. The lowest BCUT2D eigenvalue weighted by Gasteiger charge is -2.30. The third-order valence-electron chi connectivity index (χ3n) is 2.56. The summed E-state index contributed by atoms with van der Waals surface area (Å²) in [5, 5.41) is 3.11. The molecule has 1 aromatic rings. The first-order valence-electron chi connectivity index (χ1n) is 4.96. The molecule has 1 aliphatic rings. The average Bonchev–Trinajstić information content (AvgIpc) is 2.11. The van der Waals surface area contributed by atoms with Gasteiger partial charge in [0, 0.05) is 11.6 Å². The summed E-state index contributed by atoms with van der Waals surface area (Å²) >= 11 is 0. The first kappa shape index (κ1) is 10.5. The van der Waals surface area contributed by atoms with E-state index in [-0.39, 0.29) is 17.6 Å². The van der Waals surface area contributed by atoms with Crippen molar-refractivity contribution in [3.8, 4) is 0 Å². The minimum Gasteiger partial charge on any atom is -0.378 e. The first-order valence-corrected chi connectivity index (χ1v) is 4.96. The van der Waals surface area contributed by atoms with E-state index in [4.69, 9.17) is 4.74 Å². The van der Waals surface area contributed by atoms with Gasteiger partial charge in [-0.25, -0.2) is 8.78 Å². The molecule has 1 saturated heterocycles. The Morgan fingerprint density at radius 1 is 1.33 bits per heavy atom. The summed E-state index contributed by atoms with van der Waals surface area (Å²) in [4.78, 5) is 0. The molecule has 0 bridgehead atoms. The van der Waals surface area contributed by atoms with Crippen LogP contribution in [0.25, 0.3) is 0 Å². The topological polar surface area (TPSA) is 21.3 Å². The first-order chi connectivity index (χ1) is 7.18. The highest BCUT2D eigenvalue weighted by Gasteiger charge is 2.23. The van der Waals surface area contributed by atoms with Crippen LogP contribution >= 0.6 is 0 Å². The molecule has 2 nitrogen and oxygen atoms in total. The van der Waals surface area contributed by atoms with Crippen LogP contribution < -0.4 is 5.32 Å². The van der Waals surface area contributed by atoms with Crippen LogP contribution in [0.1, 0.15) is 18.5 Å². The van der Waals surface area contributed by atoms with Gasteiger partial charge in [0.15, 0.2) is 0 Å². The second-order valence-electron chi connectivity index (χ2n) is 3.76. The van der Waals surface area contributed by atoms with Crippen molar-refractivity contribution in [2.75, 3.05) is 13.2 Å². The number of ether oxygens (including phenoxy) is 1. The Morgan fingerprint density at radius 2 is 1.93 bits per heavy atom. The predicted octanol–water partition coefficient (Wildman–Crippen LogP) is 2.01. The molecule has 1 aromatic carbocycles. The maximum Gasteiger partial charge on any atom is 0.130 e. The molecule has 0 aromatic heterocycles. The second kappa shape index (κ2) is 4.24. The van der Waals surface area contributed by atoms with E-state index in [2.05, 4.69) is 5.32 Å². The number of rotatable bonds is 3. The zero-order valence-corrected chi connectivity index (χ0v) is 8.47. The minimum atomic E-state index is -0.504. The van der Waals surface area contributed by atoms with Crippen LogP contribution in [-0.4, -0.2) is 19.3 Å². The molecule has 4 heteroatoms. The molecule has 1 unspecified atom stereocenters. The van der Waals surface area contributed by atoms with Crippen LogP contribution in [0.4, 0.5) is 8.78 Å². The molecule has 0 amide bonds. The molecule has 0 aliphatic carbocycles. The Bertz CT molecular complexity index is 332. The van der Waals surface area contributed by atoms with E-state index < -0.39 is 11.6 Å². The maximum atomic E-state index is 13.4. The lowest BCUT2D eigenvalue weighted by Crippen LogP contribution is -2.47. The average molecular weight is 213 g/mol. The predicted molar refractivity (Wildman–Crippen MR) is 52.5 cm³/mol. The summed E-state index contributed by atoms with van der Waals surface area (Å²) in [6.07, 6.45) is 0. The van der Waals surface area contributed by atoms with Crippen molar-refractivity contribution in [3.05, 3.63) is 35.4 Å². The van der Waals surface area contributed by atoms with Crippen molar-refractivity contribution in [1.82, 2.24) is 5.32 Å². The fourth-order valence-electron chi connectivity index (χ4n) is 1.69. The van der Waals surface area contributed by atoms with Gasteiger partial charge in [0.25, 0.3) is 0 Å². The van der Waals surface area contributed by atoms with Gasteiger partial charge in [0.2, 0.25) is 0 Å². The smallest absolute Gasteiger partial charge is 0.130 e. The molecule has 1 N–H and O–H groups in total. The summed E-state index contributed by atoms with van der Waals surface area (Å²) < 4.78 is 31.7. The quantitative estimate of drug-likeness (QED) is 0.829.